The number of hydrogen-bond acceptors (Lipinski definition) is 2. The fraction of sp³-hybridized carbons (Fsp3) is 0.579. The summed E-state index contributed by atoms with van der Waals surface area (Å²) < 4.78 is 27.0. The fourth-order valence-corrected chi connectivity index (χ4v) is 3.74. The summed E-state index contributed by atoms with van der Waals surface area (Å²) in [6, 6.07) is 3.29. The van der Waals surface area contributed by atoms with Crippen molar-refractivity contribution in [3.8, 4) is 0 Å². The number of benzene rings is 1. The van der Waals surface area contributed by atoms with Crippen LogP contribution < -0.4 is 10.2 Å². The molecule has 25 heavy (non-hydrogen) atoms. The van der Waals surface area contributed by atoms with Crippen LogP contribution in [0.3, 0.4) is 0 Å². The fourth-order valence-electron chi connectivity index (χ4n) is 3.74. The van der Waals surface area contributed by atoms with Crippen molar-refractivity contribution in [1.82, 2.24) is 5.32 Å². The monoisotopic (exact) mass is 350 g/mol. The molecule has 2 amide bonds. The van der Waals surface area contributed by atoms with E-state index in [2.05, 4.69) is 5.32 Å². The molecule has 0 radical (unpaired) electrons. The lowest BCUT2D eigenvalue weighted by Crippen LogP contribution is -2.40. The molecule has 3 rings (SSSR count). The Morgan fingerprint density at radius 2 is 1.76 bits per heavy atom. The minimum Gasteiger partial charge on any atom is -0.353 e. The molecule has 1 saturated heterocycles. The van der Waals surface area contributed by atoms with Crippen LogP contribution >= 0.6 is 0 Å². The maximum absolute atomic E-state index is 13.9. The Labute approximate surface area is 146 Å². The van der Waals surface area contributed by atoms with E-state index >= 15 is 0 Å². The predicted octanol–water partition coefficient (Wildman–Crippen LogP) is 3.55. The van der Waals surface area contributed by atoms with E-state index < -0.39 is 17.6 Å². The number of nitrogens with zero attached hydrogens (tertiary/aromatic N) is 1. The van der Waals surface area contributed by atoms with Crippen LogP contribution in [0.1, 0.15) is 51.4 Å². The summed E-state index contributed by atoms with van der Waals surface area (Å²) in [6.07, 6.45) is 7.90. The van der Waals surface area contributed by atoms with E-state index in [9.17, 15) is 18.4 Å². The minimum atomic E-state index is -0.783. The van der Waals surface area contributed by atoms with Crippen molar-refractivity contribution >= 4 is 17.5 Å². The summed E-state index contributed by atoms with van der Waals surface area (Å²) in [7, 11) is 0. The first kappa shape index (κ1) is 17.8. The maximum atomic E-state index is 13.9. The number of carbonyl (C=O) groups excluding carboxylic acids is 2. The van der Waals surface area contributed by atoms with Crippen molar-refractivity contribution in [3.05, 3.63) is 29.8 Å². The van der Waals surface area contributed by atoms with Crippen LogP contribution in [-0.2, 0) is 9.59 Å². The van der Waals surface area contributed by atoms with Gasteiger partial charge in [0.1, 0.15) is 11.6 Å². The SMILES string of the molecule is O=C(NC1CCCCCCC1)C1CC(=O)N(c2ccc(F)cc2F)C1. The topological polar surface area (TPSA) is 49.4 Å². The van der Waals surface area contributed by atoms with Gasteiger partial charge in [-0.25, -0.2) is 8.78 Å². The van der Waals surface area contributed by atoms with Gasteiger partial charge in [0.2, 0.25) is 11.8 Å². The van der Waals surface area contributed by atoms with Gasteiger partial charge in [0.15, 0.2) is 0 Å². The summed E-state index contributed by atoms with van der Waals surface area (Å²) in [5, 5.41) is 3.07. The first-order valence-electron chi connectivity index (χ1n) is 9.10. The van der Waals surface area contributed by atoms with Gasteiger partial charge < -0.3 is 10.2 Å². The van der Waals surface area contributed by atoms with Crippen LogP contribution in [0.4, 0.5) is 14.5 Å². The molecule has 1 atom stereocenters. The molecular formula is C19H24F2N2O2. The predicted molar refractivity (Wildman–Crippen MR) is 91.1 cm³/mol. The average Bonchev–Trinajstić information content (AvgIpc) is 2.92. The van der Waals surface area contributed by atoms with Gasteiger partial charge in [0, 0.05) is 25.1 Å². The highest BCUT2D eigenvalue weighted by atomic mass is 19.1. The molecular weight excluding hydrogens is 326 g/mol. The zero-order valence-corrected chi connectivity index (χ0v) is 14.3. The van der Waals surface area contributed by atoms with Gasteiger partial charge in [0.05, 0.1) is 11.6 Å². The van der Waals surface area contributed by atoms with Gasteiger partial charge in [0.25, 0.3) is 0 Å². The van der Waals surface area contributed by atoms with Crippen LogP contribution in [0.25, 0.3) is 0 Å². The molecule has 0 bridgehead atoms. The van der Waals surface area contributed by atoms with E-state index in [0.717, 1.165) is 37.8 Å². The lowest BCUT2D eigenvalue weighted by molar-refractivity contribution is -0.127. The summed E-state index contributed by atoms with van der Waals surface area (Å²) >= 11 is 0. The molecule has 4 nitrogen and oxygen atoms in total. The Bertz CT molecular complexity index is 642. The number of halogens is 2. The van der Waals surface area contributed by atoms with Crippen molar-refractivity contribution in [2.24, 2.45) is 5.92 Å². The lowest BCUT2D eigenvalue weighted by Gasteiger charge is -2.23. The largest absolute Gasteiger partial charge is 0.353 e. The molecule has 1 N–H and O–H groups in total. The van der Waals surface area contributed by atoms with Gasteiger partial charge in [-0.2, -0.15) is 0 Å². The summed E-state index contributed by atoms with van der Waals surface area (Å²) in [4.78, 5) is 26.0. The Kier molecular flexibility index (Phi) is 5.66. The third-order valence-electron chi connectivity index (χ3n) is 5.15. The van der Waals surface area contributed by atoms with Crippen molar-refractivity contribution in [2.45, 2.75) is 57.4 Å². The van der Waals surface area contributed by atoms with Gasteiger partial charge in [-0.3, -0.25) is 9.59 Å². The molecule has 1 aliphatic heterocycles. The standard InChI is InChI=1S/C19H24F2N2O2/c20-14-8-9-17(16(21)11-14)23-12-13(10-18(23)24)19(25)22-15-6-4-2-1-3-5-7-15/h8-9,11,13,15H,1-7,10,12H2,(H,22,25). The normalized spacial score (nSPS) is 22.6. The van der Waals surface area contributed by atoms with E-state index in [4.69, 9.17) is 0 Å². The van der Waals surface area contributed by atoms with Gasteiger partial charge >= 0.3 is 0 Å². The van der Waals surface area contributed by atoms with Crippen molar-refractivity contribution in [1.29, 1.82) is 0 Å². The second kappa shape index (κ2) is 7.93. The molecule has 1 aliphatic carbocycles. The number of carbonyl (C=O) groups is 2. The Balaban J connectivity index is 1.62. The number of nitrogens with one attached hydrogen (secondary N) is 1. The molecule has 1 aromatic rings. The second-order valence-corrected chi connectivity index (χ2v) is 7.05. The van der Waals surface area contributed by atoms with Crippen molar-refractivity contribution < 1.29 is 18.4 Å². The molecule has 1 heterocycles. The third-order valence-corrected chi connectivity index (χ3v) is 5.15. The number of amides is 2. The summed E-state index contributed by atoms with van der Waals surface area (Å²) in [6.45, 7) is 0.139. The molecule has 0 aromatic heterocycles. The lowest BCUT2D eigenvalue weighted by atomic mass is 9.96. The maximum Gasteiger partial charge on any atom is 0.227 e. The van der Waals surface area contributed by atoms with E-state index in [1.807, 2.05) is 0 Å². The third kappa shape index (κ3) is 4.35. The molecule has 1 unspecified atom stereocenters. The summed E-state index contributed by atoms with van der Waals surface area (Å²) in [5.74, 6) is -2.39. The Morgan fingerprint density at radius 3 is 2.44 bits per heavy atom. The van der Waals surface area contributed by atoms with Gasteiger partial charge in [-0.1, -0.05) is 32.1 Å². The molecule has 6 heteroatoms. The number of rotatable bonds is 3. The van der Waals surface area contributed by atoms with E-state index in [1.54, 1.807) is 0 Å². The molecule has 0 spiro atoms. The van der Waals surface area contributed by atoms with E-state index in [-0.39, 0.29) is 36.5 Å². The zero-order chi connectivity index (χ0) is 17.8. The number of anilines is 1. The van der Waals surface area contributed by atoms with Gasteiger partial charge in [-0.15, -0.1) is 0 Å². The Morgan fingerprint density at radius 1 is 1.08 bits per heavy atom. The highest BCUT2D eigenvalue weighted by Crippen LogP contribution is 2.28. The van der Waals surface area contributed by atoms with E-state index in [0.29, 0.717) is 0 Å². The van der Waals surface area contributed by atoms with Crippen molar-refractivity contribution in [2.75, 3.05) is 11.4 Å². The first-order chi connectivity index (χ1) is 12.0. The Hall–Kier alpha value is -1.98. The van der Waals surface area contributed by atoms with Crippen LogP contribution in [0.5, 0.6) is 0 Å². The highest BCUT2D eigenvalue weighted by molar-refractivity contribution is 6.00. The average molecular weight is 350 g/mol. The molecule has 1 saturated carbocycles. The minimum absolute atomic E-state index is 0.0349. The molecule has 2 aliphatic rings. The van der Waals surface area contributed by atoms with Crippen LogP contribution in [0.2, 0.25) is 0 Å². The smallest absolute Gasteiger partial charge is 0.227 e. The highest BCUT2D eigenvalue weighted by Gasteiger charge is 2.36. The quantitative estimate of drug-likeness (QED) is 0.906. The summed E-state index contributed by atoms with van der Waals surface area (Å²) in [5.41, 5.74) is 0.0349. The number of hydrogen-bond donors (Lipinski definition) is 1. The molecule has 2 fully saturated rings. The van der Waals surface area contributed by atoms with E-state index in [1.165, 1.54) is 30.2 Å². The molecule has 1 aromatic carbocycles. The van der Waals surface area contributed by atoms with Gasteiger partial charge in [-0.05, 0) is 25.0 Å². The van der Waals surface area contributed by atoms with Crippen LogP contribution in [-0.4, -0.2) is 24.4 Å². The zero-order valence-electron chi connectivity index (χ0n) is 14.3. The van der Waals surface area contributed by atoms with Crippen molar-refractivity contribution in [3.63, 3.8) is 0 Å². The van der Waals surface area contributed by atoms with Crippen LogP contribution in [0, 0.1) is 17.6 Å². The first-order valence-corrected chi connectivity index (χ1v) is 9.10. The second-order valence-electron chi connectivity index (χ2n) is 7.05. The van der Waals surface area contributed by atoms with Crippen LogP contribution in [0.15, 0.2) is 18.2 Å². The molecule has 136 valence electrons.